The SMILES string of the molecule is CCC(CC)C(NC)C(CC)(CC)N(CC)CC. The highest BCUT2D eigenvalue weighted by molar-refractivity contribution is 5.00. The first-order valence-corrected chi connectivity index (χ1v) is 8.03. The normalized spacial score (nSPS) is 14.5. The summed E-state index contributed by atoms with van der Waals surface area (Å²) in [5, 5.41) is 3.65. The molecule has 0 aliphatic heterocycles. The molecule has 0 radical (unpaired) electrons. The zero-order valence-electron chi connectivity index (χ0n) is 13.8. The second-order valence-electron chi connectivity index (χ2n) is 5.33. The topological polar surface area (TPSA) is 15.3 Å². The van der Waals surface area contributed by atoms with Crippen molar-refractivity contribution in [1.82, 2.24) is 10.2 Å². The van der Waals surface area contributed by atoms with Crippen LogP contribution >= 0.6 is 0 Å². The summed E-state index contributed by atoms with van der Waals surface area (Å²) >= 11 is 0. The predicted octanol–water partition coefficient (Wildman–Crippen LogP) is 3.91. The van der Waals surface area contributed by atoms with Gasteiger partial charge in [-0.25, -0.2) is 0 Å². The molecule has 0 aromatic rings. The molecule has 0 spiro atoms. The molecule has 1 N–H and O–H groups in total. The monoisotopic (exact) mass is 256 g/mol. The maximum Gasteiger partial charge on any atom is 0.0359 e. The molecule has 0 rings (SSSR count). The maximum absolute atomic E-state index is 3.65. The van der Waals surface area contributed by atoms with Crippen LogP contribution < -0.4 is 5.32 Å². The minimum absolute atomic E-state index is 0.314. The fourth-order valence-electron chi connectivity index (χ4n) is 3.89. The van der Waals surface area contributed by atoms with Crippen molar-refractivity contribution in [2.75, 3.05) is 20.1 Å². The molecule has 1 atom stereocenters. The van der Waals surface area contributed by atoms with E-state index in [1.807, 2.05) is 0 Å². The van der Waals surface area contributed by atoms with E-state index in [0.29, 0.717) is 11.6 Å². The van der Waals surface area contributed by atoms with Gasteiger partial charge in [-0.2, -0.15) is 0 Å². The summed E-state index contributed by atoms with van der Waals surface area (Å²) < 4.78 is 0. The molecule has 110 valence electrons. The molecule has 1 unspecified atom stereocenters. The molecule has 0 amide bonds. The Morgan fingerprint density at radius 1 is 0.889 bits per heavy atom. The largest absolute Gasteiger partial charge is 0.315 e. The van der Waals surface area contributed by atoms with Crippen molar-refractivity contribution in [3.8, 4) is 0 Å². The van der Waals surface area contributed by atoms with Crippen LogP contribution in [0.1, 0.15) is 67.2 Å². The maximum atomic E-state index is 3.65. The van der Waals surface area contributed by atoms with E-state index in [1.54, 1.807) is 0 Å². The smallest absolute Gasteiger partial charge is 0.0359 e. The minimum Gasteiger partial charge on any atom is -0.315 e. The van der Waals surface area contributed by atoms with Crippen molar-refractivity contribution < 1.29 is 0 Å². The molecule has 0 aliphatic rings. The summed E-state index contributed by atoms with van der Waals surface area (Å²) in [6.45, 7) is 16.3. The van der Waals surface area contributed by atoms with Crippen LogP contribution in [0.15, 0.2) is 0 Å². The second kappa shape index (κ2) is 8.92. The van der Waals surface area contributed by atoms with Crippen LogP contribution in [-0.4, -0.2) is 36.6 Å². The molecule has 0 saturated carbocycles. The second-order valence-corrected chi connectivity index (χ2v) is 5.33. The van der Waals surface area contributed by atoms with Crippen LogP contribution in [-0.2, 0) is 0 Å². The van der Waals surface area contributed by atoms with Crippen molar-refractivity contribution >= 4 is 0 Å². The first kappa shape index (κ1) is 17.9. The number of likely N-dealkylation sites (N-methyl/N-ethyl adjacent to an activating group) is 2. The van der Waals surface area contributed by atoms with E-state index in [0.717, 1.165) is 19.0 Å². The third-order valence-corrected chi connectivity index (χ3v) is 5.03. The van der Waals surface area contributed by atoms with E-state index in [-0.39, 0.29) is 0 Å². The molecule has 2 heteroatoms. The van der Waals surface area contributed by atoms with Gasteiger partial charge >= 0.3 is 0 Å². The Morgan fingerprint density at radius 2 is 1.33 bits per heavy atom. The number of nitrogens with one attached hydrogen (secondary N) is 1. The Kier molecular flexibility index (Phi) is 8.89. The highest BCUT2D eigenvalue weighted by Crippen LogP contribution is 2.33. The van der Waals surface area contributed by atoms with Crippen LogP contribution in [0.4, 0.5) is 0 Å². The molecule has 0 bridgehead atoms. The van der Waals surface area contributed by atoms with Crippen LogP contribution in [0.2, 0.25) is 0 Å². The van der Waals surface area contributed by atoms with Crippen molar-refractivity contribution in [2.45, 2.75) is 78.8 Å². The number of hydrogen-bond acceptors (Lipinski definition) is 2. The lowest BCUT2D eigenvalue weighted by Gasteiger charge is -2.50. The minimum atomic E-state index is 0.314. The molecule has 0 aromatic carbocycles. The van der Waals surface area contributed by atoms with Gasteiger partial charge in [0.2, 0.25) is 0 Å². The van der Waals surface area contributed by atoms with Gasteiger partial charge in [-0.3, -0.25) is 4.90 Å². The fraction of sp³-hybridized carbons (Fsp3) is 1.00. The van der Waals surface area contributed by atoms with Gasteiger partial charge in [-0.1, -0.05) is 54.4 Å². The number of nitrogens with zero attached hydrogens (tertiary/aromatic N) is 1. The Bertz CT molecular complexity index is 191. The molecule has 0 fully saturated rings. The van der Waals surface area contributed by atoms with Gasteiger partial charge in [-0.15, -0.1) is 0 Å². The van der Waals surface area contributed by atoms with Crippen molar-refractivity contribution in [3.63, 3.8) is 0 Å². The van der Waals surface area contributed by atoms with Gasteiger partial charge in [0.05, 0.1) is 0 Å². The molecular formula is C16H36N2. The lowest BCUT2D eigenvalue weighted by Crippen LogP contribution is -2.62. The molecule has 2 nitrogen and oxygen atoms in total. The van der Waals surface area contributed by atoms with E-state index in [2.05, 4.69) is 58.8 Å². The third kappa shape index (κ3) is 3.48. The molecule has 0 saturated heterocycles. The van der Waals surface area contributed by atoms with Gasteiger partial charge in [0.1, 0.15) is 0 Å². The Morgan fingerprint density at radius 3 is 1.56 bits per heavy atom. The highest BCUT2D eigenvalue weighted by atomic mass is 15.2. The van der Waals surface area contributed by atoms with Gasteiger partial charge in [0, 0.05) is 11.6 Å². The van der Waals surface area contributed by atoms with E-state index in [9.17, 15) is 0 Å². The van der Waals surface area contributed by atoms with Gasteiger partial charge in [0.25, 0.3) is 0 Å². The Hall–Kier alpha value is -0.0800. The van der Waals surface area contributed by atoms with Gasteiger partial charge in [0.15, 0.2) is 0 Å². The first-order chi connectivity index (χ1) is 8.61. The molecule has 0 aliphatic carbocycles. The summed E-state index contributed by atoms with van der Waals surface area (Å²) in [4.78, 5) is 2.67. The van der Waals surface area contributed by atoms with E-state index in [4.69, 9.17) is 0 Å². The summed E-state index contributed by atoms with van der Waals surface area (Å²) in [6.07, 6.45) is 5.00. The van der Waals surface area contributed by atoms with E-state index in [1.165, 1.54) is 25.7 Å². The first-order valence-electron chi connectivity index (χ1n) is 8.03. The Labute approximate surface area is 116 Å². The quantitative estimate of drug-likeness (QED) is 0.637. The van der Waals surface area contributed by atoms with Crippen molar-refractivity contribution in [2.24, 2.45) is 5.92 Å². The lowest BCUT2D eigenvalue weighted by molar-refractivity contribution is 0.0275. The summed E-state index contributed by atoms with van der Waals surface area (Å²) in [6, 6.07) is 0.599. The summed E-state index contributed by atoms with van der Waals surface area (Å²) in [5.41, 5.74) is 0.314. The summed E-state index contributed by atoms with van der Waals surface area (Å²) in [7, 11) is 2.15. The zero-order chi connectivity index (χ0) is 14.2. The third-order valence-electron chi connectivity index (χ3n) is 5.03. The molecule has 0 aromatic heterocycles. The number of rotatable bonds is 10. The highest BCUT2D eigenvalue weighted by Gasteiger charge is 2.41. The average molecular weight is 256 g/mol. The molecule has 0 heterocycles. The van der Waals surface area contributed by atoms with Crippen LogP contribution in [0, 0.1) is 5.92 Å². The number of hydrogen-bond donors (Lipinski definition) is 1. The Balaban J connectivity index is 5.37. The van der Waals surface area contributed by atoms with E-state index >= 15 is 0 Å². The van der Waals surface area contributed by atoms with Crippen LogP contribution in [0.25, 0.3) is 0 Å². The van der Waals surface area contributed by atoms with Crippen molar-refractivity contribution in [3.05, 3.63) is 0 Å². The molecule has 18 heavy (non-hydrogen) atoms. The average Bonchev–Trinajstić information content (AvgIpc) is 2.42. The fourth-order valence-corrected chi connectivity index (χ4v) is 3.89. The van der Waals surface area contributed by atoms with Gasteiger partial charge < -0.3 is 5.32 Å². The standard InChI is InChI=1S/C16H36N2/c1-8-14(9-2)15(17-7)16(10-3,11-4)18(12-5)13-6/h14-15,17H,8-13H2,1-7H3. The summed E-state index contributed by atoms with van der Waals surface area (Å²) in [5.74, 6) is 0.774. The van der Waals surface area contributed by atoms with Gasteiger partial charge in [-0.05, 0) is 38.9 Å². The van der Waals surface area contributed by atoms with Crippen LogP contribution in [0.3, 0.4) is 0 Å². The predicted molar refractivity (Wildman–Crippen MR) is 83.2 cm³/mol. The zero-order valence-corrected chi connectivity index (χ0v) is 13.8. The van der Waals surface area contributed by atoms with E-state index < -0.39 is 0 Å². The lowest BCUT2D eigenvalue weighted by atomic mass is 9.74. The van der Waals surface area contributed by atoms with Crippen molar-refractivity contribution in [1.29, 1.82) is 0 Å². The van der Waals surface area contributed by atoms with Crippen LogP contribution in [0.5, 0.6) is 0 Å². The molecular weight excluding hydrogens is 220 g/mol.